The molecule has 0 aromatic heterocycles. The third-order valence-electron chi connectivity index (χ3n) is 7.11. The van der Waals surface area contributed by atoms with Crippen molar-refractivity contribution in [2.24, 2.45) is 35.1 Å². The number of rotatable bonds is 10. The van der Waals surface area contributed by atoms with Crippen LogP contribution in [0.1, 0.15) is 62.5 Å². The van der Waals surface area contributed by atoms with Gasteiger partial charge in [-0.15, -0.1) is 0 Å². The lowest BCUT2D eigenvalue weighted by Crippen LogP contribution is -2.29. The number of benzene rings is 1. The fourth-order valence-corrected chi connectivity index (χ4v) is 5.03. The molecule has 158 valence electrons. The van der Waals surface area contributed by atoms with Gasteiger partial charge in [-0.1, -0.05) is 24.3 Å². The SMILES string of the molecule is NCC1CCC(CNCc2cccc(CNCC3CCC(CN)CC3)c2)CC1. The van der Waals surface area contributed by atoms with Gasteiger partial charge in [0.25, 0.3) is 0 Å². The Kier molecular flexibility index (Phi) is 9.26. The Morgan fingerprint density at radius 3 is 1.43 bits per heavy atom. The number of nitrogens with one attached hydrogen (secondary N) is 2. The van der Waals surface area contributed by atoms with Gasteiger partial charge >= 0.3 is 0 Å². The molecule has 0 saturated heterocycles. The van der Waals surface area contributed by atoms with E-state index in [0.29, 0.717) is 0 Å². The highest BCUT2D eigenvalue weighted by molar-refractivity contribution is 5.23. The Bertz CT molecular complexity index is 500. The molecular weight excluding hydrogens is 344 g/mol. The van der Waals surface area contributed by atoms with E-state index in [-0.39, 0.29) is 0 Å². The smallest absolute Gasteiger partial charge is 0.0205 e. The van der Waals surface area contributed by atoms with Crippen molar-refractivity contribution < 1.29 is 0 Å². The van der Waals surface area contributed by atoms with Crippen molar-refractivity contribution in [3.8, 4) is 0 Å². The Hall–Kier alpha value is -0.940. The summed E-state index contributed by atoms with van der Waals surface area (Å²) in [6, 6.07) is 9.05. The first-order valence-electron chi connectivity index (χ1n) is 11.7. The third kappa shape index (κ3) is 7.14. The summed E-state index contributed by atoms with van der Waals surface area (Å²) in [5, 5.41) is 7.37. The van der Waals surface area contributed by atoms with Crippen LogP contribution in [0.5, 0.6) is 0 Å². The first-order chi connectivity index (χ1) is 13.8. The average Bonchev–Trinajstić information content (AvgIpc) is 2.75. The van der Waals surface area contributed by atoms with Crippen LogP contribution in [-0.2, 0) is 13.1 Å². The maximum absolute atomic E-state index is 5.80. The zero-order valence-electron chi connectivity index (χ0n) is 17.7. The minimum Gasteiger partial charge on any atom is -0.330 e. The molecule has 0 spiro atoms. The summed E-state index contributed by atoms with van der Waals surface area (Å²) >= 11 is 0. The summed E-state index contributed by atoms with van der Waals surface area (Å²) in [7, 11) is 0. The molecule has 2 aliphatic rings. The van der Waals surface area contributed by atoms with E-state index in [9.17, 15) is 0 Å². The standard InChI is InChI=1S/C24H42N4/c25-13-19-4-8-21(9-5-19)15-27-17-23-2-1-3-24(12-23)18-28-16-22-10-6-20(14-26)7-11-22/h1-3,12,19-22,27-28H,4-11,13-18,25-26H2. The van der Waals surface area contributed by atoms with Crippen molar-refractivity contribution in [1.29, 1.82) is 0 Å². The average molecular weight is 387 g/mol. The van der Waals surface area contributed by atoms with Gasteiger partial charge in [0.15, 0.2) is 0 Å². The van der Waals surface area contributed by atoms with E-state index in [1.807, 2.05) is 0 Å². The summed E-state index contributed by atoms with van der Waals surface area (Å²) in [5.41, 5.74) is 14.4. The third-order valence-corrected chi connectivity index (χ3v) is 7.11. The largest absolute Gasteiger partial charge is 0.330 e. The van der Waals surface area contributed by atoms with Crippen LogP contribution in [-0.4, -0.2) is 26.2 Å². The van der Waals surface area contributed by atoms with Crippen LogP contribution in [0.2, 0.25) is 0 Å². The van der Waals surface area contributed by atoms with E-state index in [1.165, 1.54) is 62.5 Å². The predicted molar refractivity (Wildman–Crippen MR) is 119 cm³/mol. The van der Waals surface area contributed by atoms with Gasteiger partial charge < -0.3 is 22.1 Å². The van der Waals surface area contributed by atoms with Gasteiger partial charge in [-0.05, 0) is 112 Å². The molecule has 6 N–H and O–H groups in total. The lowest BCUT2D eigenvalue weighted by Gasteiger charge is -2.28. The summed E-state index contributed by atoms with van der Waals surface area (Å²) in [6.07, 6.45) is 10.6. The Morgan fingerprint density at radius 1 is 0.643 bits per heavy atom. The summed E-state index contributed by atoms with van der Waals surface area (Å²) in [5.74, 6) is 3.22. The van der Waals surface area contributed by atoms with Crippen LogP contribution >= 0.6 is 0 Å². The number of nitrogens with two attached hydrogens (primary N) is 2. The van der Waals surface area contributed by atoms with Gasteiger partial charge in [-0.3, -0.25) is 0 Å². The molecule has 2 saturated carbocycles. The van der Waals surface area contributed by atoms with Gasteiger partial charge in [0.05, 0.1) is 0 Å². The monoisotopic (exact) mass is 386 g/mol. The molecule has 0 aliphatic heterocycles. The van der Waals surface area contributed by atoms with Crippen molar-refractivity contribution in [3.05, 3.63) is 35.4 Å². The maximum Gasteiger partial charge on any atom is 0.0205 e. The second-order valence-corrected chi connectivity index (χ2v) is 9.33. The van der Waals surface area contributed by atoms with Crippen LogP contribution in [0.15, 0.2) is 24.3 Å². The molecule has 2 aliphatic carbocycles. The van der Waals surface area contributed by atoms with E-state index in [0.717, 1.165) is 62.9 Å². The molecule has 0 heterocycles. The van der Waals surface area contributed by atoms with Gasteiger partial charge in [-0.25, -0.2) is 0 Å². The van der Waals surface area contributed by atoms with Crippen molar-refractivity contribution in [2.75, 3.05) is 26.2 Å². The second-order valence-electron chi connectivity index (χ2n) is 9.33. The molecule has 2 fully saturated rings. The predicted octanol–water partition coefficient (Wildman–Crippen LogP) is 3.40. The molecule has 0 bridgehead atoms. The zero-order chi connectivity index (χ0) is 19.6. The highest BCUT2D eigenvalue weighted by Crippen LogP contribution is 2.28. The van der Waals surface area contributed by atoms with Crippen LogP contribution < -0.4 is 22.1 Å². The van der Waals surface area contributed by atoms with Crippen LogP contribution in [0.3, 0.4) is 0 Å². The fourth-order valence-electron chi connectivity index (χ4n) is 5.03. The molecule has 0 radical (unpaired) electrons. The molecule has 0 unspecified atom stereocenters. The molecule has 0 atom stereocenters. The molecule has 1 aromatic rings. The Balaban J connectivity index is 1.31. The maximum atomic E-state index is 5.80. The van der Waals surface area contributed by atoms with Gasteiger partial charge in [0, 0.05) is 13.1 Å². The summed E-state index contributed by atoms with van der Waals surface area (Å²) in [6.45, 7) is 5.99. The van der Waals surface area contributed by atoms with Crippen molar-refractivity contribution >= 4 is 0 Å². The fraction of sp³-hybridized carbons (Fsp3) is 0.750. The van der Waals surface area contributed by atoms with Crippen molar-refractivity contribution in [1.82, 2.24) is 10.6 Å². The highest BCUT2D eigenvalue weighted by Gasteiger charge is 2.20. The van der Waals surface area contributed by atoms with Gasteiger partial charge in [0.1, 0.15) is 0 Å². The normalized spacial score (nSPS) is 28.4. The van der Waals surface area contributed by atoms with Gasteiger partial charge in [0.2, 0.25) is 0 Å². The minimum absolute atomic E-state index is 0.774. The molecular formula is C24H42N4. The van der Waals surface area contributed by atoms with Crippen LogP contribution in [0.4, 0.5) is 0 Å². The van der Waals surface area contributed by atoms with Crippen molar-refractivity contribution in [3.63, 3.8) is 0 Å². The molecule has 1 aromatic carbocycles. The molecule has 4 nitrogen and oxygen atoms in total. The van der Waals surface area contributed by atoms with E-state index in [1.54, 1.807) is 0 Å². The van der Waals surface area contributed by atoms with E-state index >= 15 is 0 Å². The molecule has 3 rings (SSSR count). The minimum atomic E-state index is 0.774. The zero-order valence-corrected chi connectivity index (χ0v) is 17.7. The lowest BCUT2D eigenvalue weighted by molar-refractivity contribution is 0.272. The van der Waals surface area contributed by atoms with E-state index in [4.69, 9.17) is 11.5 Å². The summed E-state index contributed by atoms with van der Waals surface area (Å²) < 4.78 is 0. The molecule has 0 amide bonds. The highest BCUT2D eigenvalue weighted by atomic mass is 14.9. The quantitative estimate of drug-likeness (QED) is 0.497. The Morgan fingerprint density at radius 2 is 1.04 bits per heavy atom. The first kappa shape index (κ1) is 21.8. The van der Waals surface area contributed by atoms with Gasteiger partial charge in [-0.2, -0.15) is 0 Å². The van der Waals surface area contributed by atoms with Crippen LogP contribution in [0.25, 0.3) is 0 Å². The second kappa shape index (κ2) is 11.9. The topological polar surface area (TPSA) is 76.1 Å². The molecule has 4 heteroatoms. The lowest BCUT2D eigenvalue weighted by atomic mass is 9.82. The summed E-state index contributed by atoms with van der Waals surface area (Å²) in [4.78, 5) is 0. The van der Waals surface area contributed by atoms with Crippen molar-refractivity contribution in [2.45, 2.75) is 64.5 Å². The molecule has 28 heavy (non-hydrogen) atoms. The number of hydrogen-bond donors (Lipinski definition) is 4. The first-order valence-corrected chi connectivity index (χ1v) is 11.7. The van der Waals surface area contributed by atoms with E-state index < -0.39 is 0 Å². The van der Waals surface area contributed by atoms with Crippen LogP contribution in [0, 0.1) is 23.7 Å². The van der Waals surface area contributed by atoms with E-state index in [2.05, 4.69) is 34.9 Å². The number of hydrogen-bond acceptors (Lipinski definition) is 4. The Labute approximate surface area is 172 Å².